The van der Waals surface area contributed by atoms with Gasteiger partial charge < -0.3 is 18.9 Å². The van der Waals surface area contributed by atoms with Crippen LogP contribution in [0.2, 0.25) is 0 Å². The van der Waals surface area contributed by atoms with Crippen LogP contribution < -0.4 is 14.4 Å². The first-order chi connectivity index (χ1) is 15.3. The lowest BCUT2D eigenvalue weighted by molar-refractivity contribution is -0.117. The number of ether oxygens (including phenoxy) is 2. The lowest BCUT2D eigenvalue weighted by atomic mass is 10.1. The van der Waals surface area contributed by atoms with Gasteiger partial charge in [-0.1, -0.05) is 42.5 Å². The van der Waals surface area contributed by atoms with Crippen molar-refractivity contribution in [2.24, 2.45) is 0 Å². The van der Waals surface area contributed by atoms with E-state index in [2.05, 4.69) is 34.9 Å². The van der Waals surface area contributed by atoms with Crippen molar-refractivity contribution in [1.29, 1.82) is 0 Å². The number of carbonyl (C=O) groups is 1. The van der Waals surface area contributed by atoms with Crippen LogP contribution in [-0.4, -0.2) is 28.8 Å². The fourth-order valence-corrected chi connectivity index (χ4v) is 4.52. The average Bonchev–Trinajstić information content (AvgIpc) is 3.51. The number of carbonyl (C=O) groups excluding carboxylic acids is 1. The van der Waals surface area contributed by atoms with Crippen LogP contribution in [0.25, 0.3) is 11.0 Å². The number of imidazole rings is 1. The summed E-state index contributed by atoms with van der Waals surface area (Å²) in [5.74, 6) is 2.49. The lowest BCUT2D eigenvalue weighted by Gasteiger charge is -2.18. The molecule has 154 valence electrons. The van der Waals surface area contributed by atoms with E-state index < -0.39 is 0 Å². The van der Waals surface area contributed by atoms with E-state index >= 15 is 0 Å². The van der Waals surface area contributed by atoms with E-state index in [-0.39, 0.29) is 18.6 Å². The molecule has 2 aliphatic rings. The van der Waals surface area contributed by atoms with Crippen LogP contribution in [0.1, 0.15) is 23.7 Å². The maximum absolute atomic E-state index is 13.0. The summed E-state index contributed by atoms with van der Waals surface area (Å²) in [4.78, 5) is 19.7. The minimum absolute atomic E-state index is 0.0223. The second-order valence-corrected chi connectivity index (χ2v) is 7.97. The van der Waals surface area contributed by atoms with Gasteiger partial charge in [0.2, 0.25) is 12.7 Å². The molecule has 1 aromatic heterocycles. The van der Waals surface area contributed by atoms with Gasteiger partial charge >= 0.3 is 0 Å². The predicted molar refractivity (Wildman–Crippen MR) is 118 cm³/mol. The van der Waals surface area contributed by atoms with E-state index in [1.54, 1.807) is 0 Å². The molecule has 3 heterocycles. The summed E-state index contributed by atoms with van der Waals surface area (Å²) >= 11 is 0. The Bertz CT molecular complexity index is 1280. The molecule has 2 aliphatic heterocycles. The standard InChI is InChI=1S/C25H21N3O3/c29-24-12-18(15-27(24)19-10-11-22-23(13-19)31-16-30-22)25-26-20-8-4-5-9-21(20)28(25)14-17-6-2-1-3-7-17/h1-11,13,18H,12,14-16H2. The topological polar surface area (TPSA) is 56.6 Å². The molecular weight excluding hydrogens is 390 g/mol. The van der Waals surface area contributed by atoms with Crippen LogP contribution in [0.5, 0.6) is 11.5 Å². The number of rotatable bonds is 4. The number of nitrogens with zero attached hydrogens (tertiary/aromatic N) is 3. The fraction of sp³-hybridized carbons (Fsp3) is 0.200. The summed E-state index contributed by atoms with van der Waals surface area (Å²) in [5, 5.41) is 0. The van der Waals surface area contributed by atoms with Gasteiger partial charge in [-0.3, -0.25) is 4.79 Å². The van der Waals surface area contributed by atoms with Gasteiger partial charge in [-0.25, -0.2) is 4.98 Å². The molecule has 1 saturated heterocycles. The van der Waals surface area contributed by atoms with Crippen LogP contribution in [0.3, 0.4) is 0 Å². The van der Waals surface area contributed by atoms with E-state index in [1.165, 1.54) is 5.56 Å². The molecule has 1 fully saturated rings. The van der Waals surface area contributed by atoms with Gasteiger partial charge in [0.25, 0.3) is 0 Å². The molecule has 6 rings (SSSR count). The molecule has 1 atom stereocenters. The van der Waals surface area contributed by atoms with Crippen molar-refractivity contribution in [1.82, 2.24) is 9.55 Å². The van der Waals surface area contributed by atoms with Crippen molar-refractivity contribution in [2.75, 3.05) is 18.2 Å². The number of hydrogen-bond acceptors (Lipinski definition) is 4. The van der Waals surface area contributed by atoms with Crippen LogP contribution in [0, 0.1) is 0 Å². The Morgan fingerprint density at radius 1 is 0.935 bits per heavy atom. The van der Waals surface area contributed by atoms with Gasteiger partial charge in [-0.05, 0) is 29.8 Å². The number of aromatic nitrogens is 2. The van der Waals surface area contributed by atoms with Gasteiger partial charge in [0.1, 0.15) is 5.82 Å². The smallest absolute Gasteiger partial charge is 0.231 e. The Kier molecular flexibility index (Phi) is 4.16. The summed E-state index contributed by atoms with van der Waals surface area (Å²) < 4.78 is 13.2. The highest BCUT2D eigenvalue weighted by Crippen LogP contribution is 2.39. The SMILES string of the molecule is O=C1CC(c2nc3ccccc3n2Cc2ccccc2)CN1c1ccc2c(c1)OCO2. The molecule has 0 saturated carbocycles. The number of fused-ring (bicyclic) bond motifs is 2. The van der Waals surface area contributed by atoms with Crippen molar-refractivity contribution < 1.29 is 14.3 Å². The van der Waals surface area contributed by atoms with Gasteiger partial charge in [0, 0.05) is 37.2 Å². The third-order valence-electron chi connectivity index (χ3n) is 6.03. The number of hydrogen-bond donors (Lipinski definition) is 0. The zero-order chi connectivity index (χ0) is 20.8. The Labute approximate surface area is 179 Å². The second kappa shape index (κ2) is 7.16. The minimum atomic E-state index is 0.0223. The molecule has 1 amide bonds. The van der Waals surface area contributed by atoms with Gasteiger partial charge in [-0.15, -0.1) is 0 Å². The maximum Gasteiger partial charge on any atom is 0.231 e. The third-order valence-corrected chi connectivity index (χ3v) is 6.03. The molecule has 3 aromatic carbocycles. The molecule has 0 bridgehead atoms. The average molecular weight is 411 g/mol. The molecule has 0 N–H and O–H groups in total. The molecule has 4 aromatic rings. The van der Waals surface area contributed by atoms with Gasteiger partial charge in [-0.2, -0.15) is 0 Å². The highest BCUT2D eigenvalue weighted by atomic mass is 16.7. The quantitative estimate of drug-likeness (QED) is 0.502. The number of amides is 1. The molecule has 1 unspecified atom stereocenters. The zero-order valence-corrected chi connectivity index (χ0v) is 16.9. The molecule has 6 heteroatoms. The van der Waals surface area contributed by atoms with Gasteiger partial charge in [0.05, 0.1) is 11.0 Å². The van der Waals surface area contributed by atoms with Crippen molar-refractivity contribution in [3.8, 4) is 11.5 Å². The highest BCUT2D eigenvalue weighted by molar-refractivity contribution is 5.97. The van der Waals surface area contributed by atoms with Crippen molar-refractivity contribution in [2.45, 2.75) is 18.9 Å². The first kappa shape index (κ1) is 18.0. The molecule has 0 aliphatic carbocycles. The Morgan fingerprint density at radius 2 is 1.74 bits per heavy atom. The molecule has 31 heavy (non-hydrogen) atoms. The first-order valence-electron chi connectivity index (χ1n) is 10.5. The number of benzene rings is 3. The Morgan fingerprint density at radius 3 is 2.65 bits per heavy atom. The minimum Gasteiger partial charge on any atom is -0.454 e. The Balaban J connectivity index is 1.36. The molecule has 0 radical (unpaired) electrons. The van der Waals surface area contributed by atoms with E-state index in [0.29, 0.717) is 18.7 Å². The van der Waals surface area contributed by atoms with E-state index in [9.17, 15) is 4.79 Å². The largest absolute Gasteiger partial charge is 0.454 e. The van der Waals surface area contributed by atoms with Crippen LogP contribution in [-0.2, 0) is 11.3 Å². The number of para-hydroxylation sites is 2. The summed E-state index contributed by atoms with van der Waals surface area (Å²) in [7, 11) is 0. The van der Waals surface area contributed by atoms with Crippen LogP contribution >= 0.6 is 0 Å². The summed E-state index contributed by atoms with van der Waals surface area (Å²) in [6.45, 7) is 1.54. The zero-order valence-electron chi connectivity index (χ0n) is 16.9. The fourth-order valence-electron chi connectivity index (χ4n) is 4.52. The second-order valence-electron chi connectivity index (χ2n) is 7.97. The van der Waals surface area contributed by atoms with Crippen molar-refractivity contribution in [3.05, 3.63) is 84.2 Å². The Hall–Kier alpha value is -3.80. The first-order valence-corrected chi connectivity index (χ1v) is 10.5. The highest BCUT2D eigenvalue weighted by Gasteiger charge is 2.35. The predicted octanol–water partition coefficient (Wildman–Crippen LogP) is 4.33. The lowest BCUT2D eigenvalue weighted by Crippen LogP contribution is -2.24. The van der Waals surface area contributed by atoms with E-state index in [0.717, 1.165) is 34.8 Å². The van der Waals surface area contributed by atoms with Crippen molar-refractivity contribution >= 4 is 22.6 Å². The van der Waals surface area contributed by atoms with Crippen molar-refractivity contribution in [3.63, 3.8) is 0 Å². The molecule has 0 spiro atoms. The maximum atomic E-state index is 13.0. The summed E-state index contributed by atoms with van der Waals surface area (Å²) in [5.41, 5.74) is 4.10. The number of anilines is 1. The van der Waals surface area contributed by atoms with E-state index in [1.807, 2.05) is 47.4 Å². The van der Waals surface area contributed by atoms with Crippen LogP contribution in [0.4, 0.5) is 5.69 Å². The van der Waals surface area contributed by atoms with Gasteiger partial charge in [0.15, 0.2) is 11.5 Å². The normalized spacial score (nSPS) is 17.6. The summed E-state index contributed by atoms with van der Waals surface area (Å²) in [6.07, 6.45) is 0.437. The van der Waals surface area contributed by atoms with E-state index in [4.69, 9.17) is 14.5 Å². The monoisotopic (exact) mass is 411 g/mol. The van der Waals surface area contributed by atoms with Crippen LogP contribution in [0.15, 0.2) is 72.8 Å². The third kappa shape index (κ3) is 3.11. The molecule has 6 nitrogen and oxygen atoms in total. The molecular formula is C25H21N3O3. The summed E-state index contributed by atoms with van der Waals surface area (Å²) in [6, 6.07) is 24.2.